The van der Waals surface area contributed by atoms with E-state index < -0.39 is 41.5 Å². The quantitative estimate of drug-likeness (QED) is 0.0818. The minimum atomic E-state index is -1.22. The standard InChI is InChI=1S/C51H48N6O5/c1-52-42-44(58)49(62-45(42)46(59)50(34-16-8-4-9-17-34,35-18-10-5-11-19-35)36-24-28-40(60-2)29-25-36)57-33-55-43-47(53-32-54-48(43)57)56-51(37-20-12-6-13-21-37,38-22-14-7-15-23-38)39-26-30-41(61-3)31-27-39/h4-33,42,44-46,49,52,58-59H,1-3H3,(H,53,54,56)/t42-,44+,45-,46?,49+/m0/s1. The Morgan fingerprint density at radius 2 is 1.06 bits per heavy atom. The van der Waals surface area contributed by atoms with Crippen LogP contribution in [0.3, 0.4) is 0 Å². The molecular formula is C51H48N6O5. The van der Waals surface area contributed by atoms with Gasteiger partial charge in [0.1, 0.15) is 35.6 Å². The van der Waals surface area contributed by atoms with E-state index >= 15 is 0 Å². The summed E-state index contributed by atoms with van der Waals surface area (Å²) in [5, 5.41) is 32.5. The van der Waals surface area contributed by atoms with Crippen molar-refractivity contribution >= 4 is 17.0 Å². The lowest BCUT2D eigenvalue weighted by Crippen LogP contribution is -2.55. The van der Waals surface area contributed by atoms with E-state index in [1.807, 2.05) is 146 Å². The number of aromatic nitrogens is 4. The number of hydrogen-bond acceptors (Lipinski definition) is 10. The molecule has 1 aliphatic heterocycles. The molecule has 6 aromatic carbocycles. The first-order valence-corrected chi connectivity index (χ1v) is 20.6. The predicted octanol–water partition coefficient (Wildman–Crippen LogP) is 7.49. The van der Waals surface area contributed by atoms with Crippen molar-refractivity contribution in [3.05, 3.63) is 216 Å². The number of anilines is 1. The Morgan fingerprint density at radius 1 is 0.613 bits per heavy atom. The molecule has 2 aromatic heterocycles. The maximum atomic E-state index is 13.1. The minimum absolute atomic E-state index is 0.439. The zero-order valence-corrected chi connectivity index (χ0v) is 34.6. The molecule has 3 heterocycles. The average molecular weight is 825 g/mol. The molecule has 0 radical (unpaired) electrons. The highest BCUT2D eigenvalue weighted by Gasteiger charge is 2.55. The fourth-order valence-electron chi connectivity index (χ4n) is 9.29. The lowest BCUT2D eigenvalue weighted by molar-refractivity contribution is -0.0875. The molecule has 0 aliphatic carbocycles. The molecule has 0 spiro atoms. The maximum absolute atomic E-state index is 13.1. The number of aliphatic hydroxyl groups is 2. The van der Waals surface area contributed by atoms with Crippen LogP contribution in [0.1, 0.15) is 39.6 Å². The number of methoxy groups -OCH3 is 2. The van der Waals surface area contributed by atoms with Crippen molar-refractivity contribution in [3.63, 3.8) is 0 Å². The first-order valence-electron chi connectivity index (χ1n) is 20.6. The van der Waals surface area contributed by atoms with Crippen molar-refractivity contribution in [1.82, 2.24) is 24.8 Å². The van der Waals surface area contributed by atoms with Crippen LogP contribution in [0.4, 0.5) is 5.82 Å². The van der Waals surface area contributed by atoms with Crippen molar-refractivity contribution < 1.29 is 24.4 Å². The fraction of sp³-hybridized carbons (Fsp3) is 0.196. The van der Waals surface area contributed by atoms with Crippen LogP contribution in [0.2, 0.25) is 0 Å². The van der Waals surface area contributed by atoms with E-state index in [-0.39, 0.29) is 0 Å². The molecule has 1 aliphatic rings. The summed E-state index contributed by atoms with van der Waals surface area (Å²) in [6, 6.07) is 55.3. The van der Waals surface area contributed by atoms with Crippen LogP contribution in [-0.2, 0) is 15.7 Å². The summed E-state index contributed by atoms with van der Waals surface area (Å²) in [5.41, 5.74) is 4.27. The molecule has 62 heavy (non-hydrogen) atoms. The molecule has 1 fully saturated rings. The number of nitrogens with zero attached hydrogens (tertiary/aromatic N) is 4. The number of aliphatic hydroxyl groups excluding tert-OH is 2. The molecule has 4 N–H and O–H groups in total. The molecule has 11 nitrogen and oxygen atoms in total. The molecule has 0 bridgehead atoms. The number of nitrogens with one attached hydrogen (secondary N) is 2. The molecule has 0 saturated carbocycles. The highest BCUT2D eigenvalue weighted by atomic mass is 16.5. The van der Waals surface area contributed by atoms with Crippen molar-refractivity contribution in [2.45, 2.75) is 41.5 Å². The molecule has 312 valence electrons. The second-order valence-electron chi connectivity index (χ2n) is 15.4. The van der Waals surface area contributed by atoms with Gasteiger partial charge in [-0.05, 0) is 64.7 Å². The number of likely N-dealkylation sites (N-methyl/N-ethyl adjacent to an activating group) is 1. The summed E-state index contributed by atoms with van der Waals surface area (Å²) in [6.07, 6.45) is -1.17. The van der Waals surface area contributed by atoms with Gasteiger partial charge in [0, 0.05) is 0 Å². The second-order valence-corrected chi connectivity index (χ2v) is 15.4. The Bertz CT molecular complexity index is 2620. The van der Waals surface area contributed by atoms with Gasteiger partial charge in [-0.3, -0.25) is 4.57 Å². The van der Waals surface area contributed by atoms with E-state index in [9.17, 15) is 10.2 Å². The Hall–Kier alpha value is -6.89. The zero-order chi connectivity index (χ0) is 42.7. The maximum Gasteiger partial charge on any atom is 0.167 e. The van der Waals surface area contributed by atoms with Crippen molar-refractivity contribution in [2.75, 3.05) is 26.6 Å². The lowest BCUT2D eigenvalue weighted by atomic mass is 9.64. The van der Waals surface area contributed by atoms with Crippen LogP contribution in [0, 0.1) is 0 Å². The first kappa shape index (κ1) is 40.5. The molecule has 0 amide bonds. The average Bonchev–Trinajstić information content (AvgIpc) is 3.93. The SMILES string of the molecule is CN[C@H]1[C@@H](O)[C@H](n2cnc3c(NC(c4ccccc4)(c4ccccc4)c4ccc(OC)cc4)ncnc32)O[C@@H]1C(O)C(c1ccccc1)(c1ccccc1)c1ccc(OC)cc1. The molecule has 5 atom stereocenters. The van der Waals surface area contributed by atoms with E-state index in [1.165, 1.54) is 6.33 Å². The molecule has 9 rings (SSSR count). The summed E-state index contributed by atoms with van der Waals surface area (Å²) in [6.45, 7) is 0. The smallest absolute Gasteiger partial charge is 0.167 e. The van der Waals surface area contributed by atoms with E-state index in [0.29, 0.717) is 22.7 Å². The van der Waals surface area contributed by atoms with E-state index in [2.05, 4.69) is 34.9 Å². The largest absolute Gasteiger partial charge is 0.497 e. The topological polar surface area (TPSA) is 136 Å². The van der Waals surface area contributed by atoms with Crippen molar-refractivity contribution in [1.29, 1.82) is 0 Å². The predicted molar refractivity (Wildman–Crippen MR) is 239 cm³/mol. The van der Waals surface area contributed by atoms with Crippen molar-refractivity contribution in [3.8, 4) is 11.5 Å². The summed E-state index contributed by atoms with van der Waals surface area (Å²) < 4.78 is 19.7. The van der Waals surface area contributed by atoms with Crippen molar-refractivity contribution in [2.24, 2.45) is 0 Å². The molecule has 11 heteroatoms. The summed E-state index contributed by atoms with van der Waals surface area (Å²) in [4.78, 5) is 14.4. The van der Waals surface area contributed by atoms with E-state index in [1.54, 1.807) is 32.2 Å². The molecule has 8 aromatic rings. The Labute approximate surface area is 360 Å². The summed E-state index contributed by atoms with van der Waals surface area (Å²) >= 11 is 0. The normalized spacial score (nSPS) is 18.3. The van der Waals surface area contributed by atoms with Crippen LogP contribution in [0.25, 0.3) is 11.2 Å². The van der Waals surface area contributed by atoms with Gasteiger partial charge in [0.2, 0.25) is 0 Å². The van der Waals surface area contributed by atoms with Crippen LogP contribution in [0.15, 0.2) is 183 Å². The highest BCUT2D eigenvalue weighted by molar-refractivity contribution is 5.84. The first-order chi connectivity index (χ1) is 30.4. The summed E-state index contributed by atoms with van der Waals surface area (Å²) in [5.74, 6) is 1.90. The monoisotopic (exact) mass is 824 g/mol. The van der Waals surface area contributed by atoms with Gasteiger partial charge in [0.25, 0.3) is 0 Å². The second kappa shape index (κ2) is 17.2. The number of ether oxygens (including phenoxy) is 3. The summed E-state index contributed by atoms with van der Waals surface area (Å²) in [7, 11) is 5.05. The van der Waals surface area contributed by atoms with Gasteiger partial charge in [0.05, 0.1) is 38.1 Å². The Kier molecular flexibility index (Phi) is 11.3. The number of fused-ring (bicyclic) bond motifs is 1. The molecular weight excluding hydrogens is 777 g/mol. The van der Waals surface area contributed by atoms with Crippen LogP contribution in [-0.4, -0.2) is 75.4 Å². The molecule has 1 unspecified atom stereocenters. The third-order valence-electron chi connectivity index (χ3n) is 12.3. The number of benzene rings is 6. The number of rotatable bonds is 14. The van der Waals surface area contributed by atoms with Gasteiger partial charge < -0.3 is 35.1 Å². The number of hydrogen-bond donors (Lipinski definition) is 4. The van der Waals surface area contributed by atoms with Gasteiger partial charge in [-0.25, -0.2) is 15.0 Å². The van der Waals surface area contributed by atoms with Gasteiger partial charge in [-0.15, -0.1) is 0 Å². The Morgan fingerprint density at radius 3 is 1.55 bits per heavy atom. The van der Waals surface area contributed by atoms with Gasteiger partial charge in [0.15, 0.2) is 23.2 Å². The molecule has 1 saturated heterocycles. The third kappa shape index (κ3) is 6.85. The number of imidazole rings is 1. The third-order valence-corrected chi connectivity index (χ3v) is 12.3. The van der Waals surface area contributed by atoms with Gasteiger partial charge in [-0.2, -0.15) is 0 Å². The Balaban J connectivity index is 1.15. The van der Waals surface area contributed by atoms with Gasteiger partial charge >= 0.3 is 0 Å². The minimum Gasteiger partial charge on any atom is -0.497 e. The van der Waals surface area contributed by atoms with E-state index in [0.717, 1.165) is 39.1 Å². The van der Waals surface area contributed by atoms with E-state index in [4.69, 9.17) is 29.2 Å². The van der Waals surface area contributed by atoms with Crippen LogP contribution in [0.5, 0.6) is 11.5 Å². The van der Waals surface area contributed by atoms with Crippen LogP contribution >= 0.6 is 0 Å². The zero-order valence-electron chi connectivity index (χ0n) is 34.6. The van der Waals surface area contributed by atoms with Gasteiger partial charge in [-0.1, -0.05) is 146 Å². The highest BCUT2D eigenvalue weighted by Crippen LogP contribution is 2.48. The fourth-order valence-corrected chi connectivity index (χ4v) is 9.29. The lowest BCUT2D eigenvalue weighted by Gasteiger charge is -2.43. The van der Waals surface area contributed by atoms with Crippen LogP contribution < -0.4 is 20.1 Å².